The summed E-state index contributed by atoms with van der Waals surface area (Å²) < 4.78 is 19.8. The van der Waals surface area contributed by atoms with Crippen LogP contribution in [0.2, 0.25) is 10.0 Å². The smallest absolute Gasteiger partial charge is 0.317 e. The van der Waals surface area contributed by atoms with Crippen LogP contribution in [0.5, 0.6) is 0 Å². The molecule has 2 N–H and O–H groups in total. The van der Waals surface area contributed by atoms with Gasteiger partial charge in [-0.05, 0) is 42.2 Å². The minimum atomic E-state index is -0.972. The molecule has 4 nitrogen and oxygen atoms in total. The first-order valence-electron chi connectivity index (χ1n) is 8.09. The lowest BCUT2D eigenvalue weighted by Gasteiger charge is -2.19. The number of hydrogen-bond donors (Lipinski definition) is 2. The van der Waals surface area contributed by atoms with Gasteiger partial charge in [0, 0.05) is 5.56 Å². The Kier molecular flexibility index (Phi) is 5.53. The van der Waals surface area contributed by atoms with Crippen LogP contribution in [0, 0.1) is 5.82 Å². The number of benzene rings is 2. The summed E-state index contributed by atoms with van der Waals surface area (Å²) in [5.74, 6) is -1.05. The lowest BCUT2D eigenvalue weighted by Crippen LogP contribution is -2.32. The monoisotopic (exact) mass is 398 g/mol. The summed E-state index contributed by atoms with van der Waals surface area (Å²) in [4.78, 5) is 12.4. The van der Waals surface area contributed by atoms with Gasteiger partial charge in [-0.25, -0.2) is 4.39 Å². The molecule has 1 saturated carbocycles. The van der Waals surface area contributed by atoms with E-state index in [2.05, 4.69) is 0 Å². The van der Waals surface area contributed by atoms with Gasteiger partial charge in [0.1, 0.15) is 11.9 Å². The lowest BCUT2D eigenvalue weighted by molar-refractivity contribution is -0.156. The summed E-state index contributed by atoms with van der Waals surface area (Å²) in [5.41, 5.74) is 0.523. The normalized spacial score (nSPS) is 15.2. The molecule has 0 atom stereocenters. The average Bonchev–Trinajstić information content (AvgIpc) is 3.44. The van der Waals surface area contributed by atoms with E-state index >= 15 is 0 Å². The zero-order valence-electron chi connectivity index (χ0n) is 13.7. The first-order chi connectivity index (χ1) is 12.4. The molecule has 2 aromatic carbocycles. The second kappa shape index (κ2) is 7.53. The zero-order valence-corrected chi connectivity index (χ0v) is 15.2. The molecule has 0 saturated heterocycles. The van der Waals surface area contributed by atoms with Crippen molar-refractivity contribution in [2.24, 2.45) is 0 Å². The van der Waals surface area contributed by atoms with E-state index in [1.54, 1.807) is 30.3 Å². The molecule has 0 radical (unpaired) electrons. The number of carbonyl (C=O) groups is 1. The van der Waals surface area contributed by atoms with Gasteiger partial charge < -0.3 is 14.9 Å². The number of esters is 1. The molecule has 2 aromatic rings. The summed E-state index contributed by atoms with van der Waals surface area (Å²) in [5, 5.41) is 18.8. The molecule has 0 unspecified atom stereocenters. The van der Waals surface area contributed by atoms with E-state index in [1.165, 1.54) is 6.07 Å². The van der Waals surface area contributed by atoms with Crippen molar-refractivity contribution >= 4 is 29.2 Å². The van der Waals surface area contributed by atoms with Gasteiger partial charge in [0.15, 0.2) is 0 Å². The summed E-state index contributed by atoms with van der Waals surface area (Å²) in [6.07, 6.45) is 0.0855. The van der Waals surface area contributed by atoms with E-state index < -0.39 is 36.5 Å². The molecule has 0 heterocycles. The highest BCUT2D eigenvalue weighted by molar-refractivity contribution is 6.42. The zero-order chi connectivity index (χ0) is 18.9. The van der Waals surface area contributed by atoms with Crippen molar-refractivity contribution in [2.45, 2.75) is 24.4 Å². The Balaban J connectivity index is 1.87. The topological polar surface area (TPSA) is 66.8 Å². The van der Waals surface area contributed by atoms with Gasteiger partial charge in [-0.1, -0.05) is 41.4 Å². The molecular formula is C19H17Cl2FO4. The van der Waals surface area contributed by atoms with Crippen molar-refractivity contribution < 1.29 is 24.1 Å². The van der Waals surface area contributed by atoms with Crippen molar-refractivity contribution in [3.05, 3.63) is 57.8 Å². The SMILES string of the molecule is O=C(OC(CO)CO)C1(c2ccc(-c3ccc(Cl)c(Cl)c3)c(F)c2)CC1. The third kappa shape index (κ3) is 3.58. The van der Waals surface area contributed by atoms with E-state index in [9.17, 15) is 9.18 Å². The van der Waals surface area contributed by atoms with Gasteiger partial charge in [0.25, 0.3) is 0 Å². The van der Waals surface area contributed by atoms with Crippen molar-refractivity contribution in [1.29, 1.82) is 0 Å². The standard InChI is InChI=1S/C19H17Cl2FO4/c20-15-4-1-11(7-16(15)21)14-3-2-12(8-17(14)22)19(5-6-19)18(25)26-13(9-23)10-24/h1-4,7-8,13,23-24H,5-6,9-10H2. The summed E-state index contributed by atoms with van der Waals surface area (Å²) >= 11 is 11.9. The van der Waals surface area contributed by atoms with Crippen LogP contribution in [0.1, 0.15) is 18.4 Å². The van der Waals surface area contributed by atoms with Crippen molar-refractivity contribution in [1.82, 2.24) is 0 Å². The fourth-order valence-electron chi connectivity index (χ4n) is 2.84. The second-order valence-electron chi connectivity index (χ2n) is 6.30. The van der Waals surface area contributed by atoms with Crippen LogP contribution >= 0.6 is 23.2 Å². The first-order valence-corrected chi connectivity index (χ1v) is 8.85. The lowest BCUT2D eigenvalue weighted by atomic mass is 9.93. The summed E-state index contributed by atoms with van der Waals surface area (Å²) in [6.45, 7) is -0.939. The Morgan fingerprint density at radius 3 is 2.35 bits per heavy atom. The molecule has 1 aliphatic carbocycles. The van der Waals surface area contributed by atoms with Crippen LogP contribution in [0.25, 0.3) is 11.1 Å². The number of carbonyl (C=O) groups excluding carboxylic acids is 1. The highest BCUT2D eigenvalue weighted by Gasteiger charge is 2.53. The van der Waals surface area contributed by atoms with Gasteiger partial charge in [-0.3, -0.25) is 4.79 Å². The third-order valence-electron chi connectivity index (χ3n) is 4.57. The number of aliphatic hydroxyl groups is 2. The minimum absolute atomic E-state index is 0.328. The van der Waals surface area contributed by atoms with Crippen LogP contribution in [0.15, 0.2) is 36.4 Å². The molecular weight excluding hydrogens is 382 g/mol. The summed E-state index contributed by atoms with van der Waals surface area (Å²) in [7, 11) is 0. The highest BCUT2D eigenvalue weighted by atomic mass is 35.5. The molecule has 7 heteroatoms. The predicted molar refractivity (Wildman–Crippen MR) is 96.8 cm³/mol. The van der Waals surface area contributed by atoms with E-state index in [4.69, 9.17) is 38.2 Å². The van der Waals surface area contributed by atoms with Gasteiger partial charge in [-0.15, -0.1) is 0 Å². The Bertz CT molecular complexity index is 832. The van der Waals surface area contributed by atoms with Crippen molar-refractivity contribution in [3.8, 4) is 11.1 Å². The number of rotatable bonds is 6. The van der Waals surface area contributed by atoms with E-state index in [0.29, 0.717) is 39.6 Å². The van der Waals surface area contributed by atoms with Crippen molar-refractivity contribution in [2.75, 3.05) is 13.2 Å². The maximum absolute atomic E-state index is 14.7. The molecule has 0 aromatic heterocycles. The largest absolute Gasteiger partial charge is 0.457 e. The van der Waals surface area contributed by atoms with Gasteiger partial charge in [0.2, 0.25) is 0 Å². The number of ether oxygens (including phenoxy) is 1. The van der Waals surface area contributed by atoms with E-state index in [1.807, 2.05) is 0 Å². The molecule has 1 fully saturated rings. The molecule has 138 valence electrons. The molecule has 3 rings (SSSR count). The number of aliphatic hydroxyl groups excluding tert-OH is 2. The minimum Gasteiger partial charge on any atom is -0.457 e. The maximum atomic E-state index is 14.7. The van der Waals surface area contributed by atoms with Crippen LogP contribution in [-0.2, 0) is 14.9 Å². The molecule has 0 spiro atoms. The van der Waals surface area contributed by atoms with Crippen LogP contribution in [-0.4, -0.2) is 35.5 Å². The quantitative estimate of drug-likeness (QED) is 0.727. The van der Waals surface area contributed by atoms with E-state index in [-0.39, 0.29) is 0 Å². The van der Waals surface area contributed by atoms with Gasteiger partial charge in [-0.2, -0.15) is 0 Å². The van der Waals surface area contributed by atoms with E-state index in [0.717, 1.165) is 0 Å². The predicted octanol–water partition coefficient (Wildman–Crippen LogP) is 3.73. The third-order valence-corrected chi connectivity index (χ3v) is 5.31. The van der Waals surface area contributed by atoms with Crippen LogP contribution in [0.4, 0.5) is 4.39 Å². The van der Waals surface area contributed by atoms with Gasteiger partial charge >= 0.3 is 5.97 Å². The second-order valence-corrected chi connectivity index (χ2v) is 7.11. The first kappa shape index (κ1) is 19.1. The van der Waals surface area contributed by atoms with Gasteiger partial charge in [0.05, 0.1) is 28.7 Å². The fourth-order valence-corrected chi connectivity index (χ4v) is 3.14. The molecule has 1 aliphatic rings. The molecule has 26 heavy (non-hydrogen) atoms. The molecule has 0 amide bonds. The molecule has 0 aliphatic heterocycles. The number of hydrogen-bond acceptors (Lipinski definition) is 4. The molecule has 0 bridgehead atoms. The maximum Gasteiger partial charge on any atom is 0.317 e. The van der Waals surface area contributed by atoms with Crippen LogP contribution in [0.3, 0.4) is 0 Å². The fraction of sp³-hybridized carbons (Fsp3) is 0.316. The Hall–Kier alpha value is -1.66. The Labute approximate surface area is 160 Å². The summed E-state index contributed by atoms with van der Waals surface area (Å²) in [6, 6.07) is 9.43. The average molecular weight is 399 g/mol. The van der Waals surface area contributed by atoms with Crippen molar-refractivity contribution in [3.63, 3.8) is 0 Å². The highest BCUT2D eigenvalue weighted by Crippen LogP contribution is 2.50. The Morgan fingerprint density at radius 2 is 1.81 bits per heavy atom. The van der Waals surface area contributed by atoms with Crippen LogP contribution < -0.4 is 0 Å². The Morgan fingerprint density at radius 1 is 1.12 bits per heavy atom. The number of halogens is 3.